The minimum Gasteiger partial charge on any atom is -0.493 e. The lowest BCUT2D eigenvalue weighted by atomic mass is 10.0. The largest absolute Gasteiger partial charge is 0.493 e. The van der Waals surface area contributed by atoms with E-state index in [0.717, 1.165) is 24.9 Å². The molecule has 0 aromatic heterocycles. The number of ether oxygens (including phenoxy) is 1. The zero-order valence-electron chi connectivity index (χ0n) is 9.59. The van der Waals surface area contributed by atoms with E-state index in [1.807, 2.05) is 6.92 Å². The van der Waals surface area contributed by atoms with Crippen molar-refractivity contribution in [2.75, 3.05) is 7.11 Å². The number of hydrogen-bond acceptors (Lipinski definition) is 2. The second-order valence-electron chi connectivity index (χ2n) is 3.20. The topological polar surface area (TPSA) is 26.3 Å². The van der Waals surface area contributed by atoms with Gasteiger partial charge in [-0.2, -0.15) is 0 Å². The van der Waals surface area contributed by atoms with Crippen molar-refractivity contribution < 1.29 is 9.53 Å². The van der Waals surface area contributed by atoms with Crippen LogP contribution in [0.2, 0.25) is 0 Å². The van der Waals surface area contributed by atoms with Gasteiger partial charge in [-0.25, -0.2) is 0 Å². The number of allylic oxidation sites excluding steroid dienone is 1. The summed E-state index contributed by atoms with van der Waals surface area (Å²) in [6.07, 6.45) is 3.59. The lowest BCUT2D eigenvalue weighted by Crippen LogP contribution is -2.03. The molecular formula is C12H20O2. The van der Waals surface area contributed by atoms with Crippen molar-refractivity contribution in [3.63, 3.8) is 0 Å². The van der Waals surface area contributed by atoms with E-state index >= 15 is 0 Å². The average Bonchev–Trinajstić information content (AvgIpc) is 2.24. The Morgan fingerprint density at radius 2 is 1.93 bits per heavy atom. The first kappa shape index (κ1) is 13.0. The van der Waals surface area contributed by atoms with Gasteiger partial charge in [-0.1, -0.05) is 26.5 Å². The normalized spacial score (nSPS) is 9.50. The molecule has 0 aromatic carbocycles. The highest BCUT2D eigenvalue weighted by Crippen LogP contribution is 2.18. The Hall–Kier alpha value is -1.01. The van der Waals surface area contributed by atoms with Crippen molar-refractivity contribution in [1.82, 2.24) is 0 Å². The SMILES string of the molecule is CCC(=C=C(OC)C(CC)CC)C=O. The predicted molar refractivity (Wildman–Crippen MR) is 58.0 cm³/mol. The van der Waals surface area contributed by atoms with Gasteiger partial charge in [0, 0.05) is 11.5 Å². The number of aldehydes is 1. The molecule has 80 valence electrons. The van der Waals surface area contributed by atoms with E-state index in [1.54, 1.807) is 7.11 Å². The summed E-state index contributed by atoms with van der Waals surface area (Å²) in [7, 11) is 1.64. The molecule has 2 heteroatoms. The van der Waals surface area contributed by atoms with Crippen LogP contribution in [0.15, 0.2) is 17.1 Å². The van der Waals surface area contributed by atoms with Crippen LogP contribution in [-0.4, -0.2) is 13.4 Å². The number of carbonyl (C=O) groups is 1. The number of methoxy groups -OCH3 is 1. The van der Waals surface area contributed by atoms with Crippen LogP contribution in [0.1, 0.15) is 40.0 Å². The van der Waals surface area contributed by atoms with Gasteiger partial charge in [0.25, 0.3) is 0 Å². The minimum atomic E-state index is 0.376. The van der Waals surface area contributed by atoms with Gasteiger partial charge in [-0.15, -0.1) is 0 Å². The maximum Gasteiger partial charge on any atom is 0.153 e. The molecule has 0 heterocycles. The molecule has 2 nitrogen and oxygen atoms in total. The van der Waals surface area contributed by atoms with Crippen LogP contribution in [0, 0.1) is 5.92 Å². The van der Waals surface area contributed by atoms with Crippen molar-refractivity contribution in [3.8, 4) is 0 Å². The highest BCUT2D eigenvalue weighted by atomic mass is 16.5. The molecule has 0 aliphatic heterocycles. The van der Waals surface area contributed by atoms with Crippen LogP contribution in [0.3, 0.4) is 0 Å². The molecule has 0 aliphatic carbocycles. The Morgan fingerprint density at radius 3 is 2.21 bits per heavy atom. The van der Waals surface area contributed by atoms with Crippen LogP contribution in [0.4, 0.5) is 0 Å². The number of hydrogen-bond donors (Lipinski definition) is 0. The summed E-state index contributed by atoms with van der Waals surface area (Å²) in [5, 5.41) is 0. The van der Waals surface area contributed by atoms with E-state index in [1.165, 1.54) is 0 Å². The maximum atomic E-state index is 10.6. The van der Waals surface area contributed by atoms with E-state index in [2.05, 4.69) is 19.6 Å². The van der Waals surface area contributed by atoms with Gasteiger partial charge >= 0.3 is 0 Å². The first-order valence-electron chi connectivity index (χ1n) is 5.22. The van der Waals surface area contributed by atoms with Crippen LogP contribution in [0.25, 0.3) is 0 Å². The maximum absolute atomic E-state index is 10.6. The predicted octanol–water partition coefficient (Wildman–Crippen LogP) is 3.09. The van der Waals surface area contributed by atoms with Gasteiger partial charge in [0.05, 0.1) is 7.11 Å². The minimum absolute atomic E-state index is 0.376. The van der Waals surface area contributed by atoms with Crippen molar-refractivity contribution >= 4 is 6.29 Å². The fourth-order valence-corrected chi connectivity index (χ4v) is 1.34. The summed E-state index contributed by atoms with van der Waals surface area (Å²) in [5.74, 6) is 1.18. The number of rotatable bonds is 6. The molecule has 0 aliphatic rings. The zero-order chi connectivity index (χ0) is 11.0. The molecule has 0 atom stereocenters. The van der Waals surface area contributed by atoms with Crippen LogP contribution in [0.5, 0.6) is 0 Å². The van der Waals surface area contributed by atoms with Gasteiger partial charge in [0.15, 0.2) is 6.29 Å². The standard InChI is InChI=1S/C12H20O2/c1-5-10(9-13)8-12(14-4)11(6-2)7-3/h9,11H,5-7H2,1-4H3. The molecule has 0 spiro atoms. The Morgan fingerprint density at radius 1 is 1.36 bits per heavy atom. The summed E-state index contributed by atoms with van der Waals surface area (Å²) in [6, 6.07) is 0. The summed E-state index contributed by atoms with van der Waals surface area (Å²) in [4.78, 5) is 10.6. The van der Waals surface area contributed by atoms with Gasteiger partial charge in [-0.3, -0.25) is 4.79 Å². The summed E-state index contributed by atoms with van der Waals surface area (Å²) < 4.78 is 5.25. The molecule has 0 bridgehead atoms. The highest BCUT2D eigenvalue weighted by Gasteiger charge is 2.10. The van der Waals surface area contributed by atoms with Crippen LogP contribution >= 0.6 is 0 Å². The summed E-state index contributed by atoms with van der Waals surface area (Å²) in [6.45, 7) is 6.17. The summed E-state index contributed by atoms with van der Waals surface area (Å²) in [5.41, 5.74) is 3.72. The van der Waals surface area contributed by atoms with Crippen LogP contribution < -0.4 is 0 Å². The van der Waals surface area contributed by atoms with Crippen molar-refractivity contribution in [1.29, 1.82) is 0 Å². The second-order valence-corrected chi connectivity index (χ2v) is 3.20. The van der Waals surface area contributed by atoms with E-state index < -0.39 is 0 Å². The average molecular weight is 196 g/mol. The Kier molecular flexibility index (Phi) is 6.87. The molecule has 0 amide bonds. The molecule has 0 N–H and O–H groups in total. The third-order valence-corrected chi connectivity index (χ3v) is 2.38. The Balaban J connectivity index is 5.00. The van der Waals surface area contributed by atoms with Crippen LogP contribution in [-0.2, 0) is 9.53 Å². The molecule has 0 aromatic rings. The molecular weight excluding hydrogens is 176 g/mol. The summed E-state index contributed by atoms with van der Waals surface area (Å²) >= 11 is 0. The van der Waals surface area contributed by atoms with Gasteiger partial charge in [0.2, 0.25) is 0 Å². The van der Waals surface area contributed by atoms with E-state index in [9.17, 15) is 4.79 Å². The fraction of sp³-hybridized carbons (Fsp3) is 0.667. The molecule has 14 heavy (non-hydrogen) atoms. The van der Waals surface area contributed by atoms with Crippen molar-refractivity contribution in [2.45, 2.75) is 40.0 Å². The Labute approximate surface area is 86.6 Å². The molecule has 0 fully saturated rings. The van der Waals surface area contributed by atoms with Crippen molar-refractivity contribution in [3.05, 3.63) is 17.1 Å². The first-order chi connectivity index (χ1) is 6.73. The second kappa shape index (κ2) is 7.40. The molecule has 0 saturated heterocycles. The van der Waals surface area contributed by atoms with Gasteiger partial charge in [-0.05, 0) is 19.3 Å². The first-order valence-corrected chi connectivity index (χ1v) is 5.22. The fourth-order valence-electron chi connectivity index (χ4n) is 1.34. The van der Waals surface area contributed by atoms with E-state index in [4.69, 9.17) is 4.74 Å². The molecule has 0 rings (SSSR count). The Bertz CT molecular complexity index is 231. The third kappa shape index (κ3) is 3.80. The van der Waals surface area contributed by atoms with Gasteiger partial charge in [0.1, 0.15) is 5.76 Å². The lowest BCUT2D eigenvalue weighted by Gasteiger charge is -2.13. The third-order valence-electron chi connectivity index (χ3n) is 2.38. The quantitative estimate of drug-likeness (QED) is 0.282. The molecule has 0 unspecified atom stereocenters. The van der Waals surface area contributed by atoms with E-state index in [0.29, 0.717) is 17.9 Å². The zero-order valence-corrected chi connectivity index (χ0v) is 9.59. The van der Waals surface area contributed by atoms with Gasteiger partial charge < -0.3 is 4.74 Å². The molecule has 0 radical (unpaired) electrons. The van der Waals surface area contributed by atoms with E-state index in [-0.39, 0.29) is 0 Å². The number of carbonyl (C=O) groups excluding carboxylic acids is 1. The monoisotopic (exact) mass is 196 g/mol. The lowest BCUT2D eigenvalue weighted by molar-refractivity contribution is -0.105. The highest BCUT2D eigenvalue weighted by molar-refractivity contribution is 5.72. The smallest absolute Gasteiger partial charge is 0.153 e. The van der Waals surface area contributed by atoms with Crippen molar-refractivity contribution in [2.24, 2.45) is 5.92 Å². The molecule has 0 saturated carbocycles.